The third-order valence-corrected chi connectivity index (χ3v) is 10.3. The molecule has 38 heavy (non-hydrogen) atoms. The molecule has 190 valence electrons. The van der Waals surface area contributed by atoms with Crippen molar-refractivity contribution < 1.29 is 13.3 Å². The predicted octanol–water partition coefficient (Wildman–Crippen LogP) is 8.08. The molecule has 5 aromatic carbocycles. The predicted molar refractivity (Wildman–Crippen MR) is 160 cm³/mol. The normalized spacial score (nSPS) is 12.2. The van der Waals surface area contributed by atoms with Crippen LogP contribution in [0.2, 0.25) is 0 Å². The zero-order valence-corrected chi connectivity index (χ0v) is 23.2. The van der Waals surface area contributed by atoms with Crippen LogP contribution in [0, 0.1) is 0 Å². The van der Waals surface area contributed by atoms with Crippen molar-refractivity contribution in [3.63, 3.8) is 0 Å². The van der Waals surface area contributed by atoms with Gasteiger partial charge in [-0.15, -0.1) is 0 Å². The average Bonchev–Trinajstić information content (AvgIpc) is 3.30. The second kappa shape index (κ2) is 10.3. The average molecular weight is 517 g/mol. The Morgan fingerprint density at radius 3 is 1.58 bits per heavy atom. The van der Waals surface area contributed by atoms with Gasteiger partial charge in [-0.2, -0.15) is 0 Å². The van der Waals surface area contributed by atoms with Gasteiger partial charge < -0.3 is 13.3 Å². The molecule has 3 nitrogen and oxygen atoms in total. The number of hydrogen-bond acceptors (Lipinski definition) is 3. The van der Waals surface area contributed by atoms with E-state index >= 15 is 0 Å². The van der Waals surface area contributed by atoms with Crippen molar-refractivity contribution in [3.8, 4) is 44.5 Å². The highest BCUT2D eigenvalue weighted by Gasteiger charge is 2.47. The molecule has 0 atom stereocenters. The molecule has 1 aliphatic carbocycles. The fraction of sp³-hybridized carbons (Fsp3) is 0.176. The van der Waals surface area contributed by atoms with Crippen LogP contribution in [0.25, 0.3) is 55.3 Å². The van der Waals surface area contributed by atoms with Crippen LogP contribution in [0.1, 0.15) is 20.8 Å². The summed E-state index contributed by atoms with van der Waals surface area (Å²) in [6.07, 6.45) is 0. The van der Waals surface area contributed by atoms with Gasteiger partial charge in [-0.05, 0) is 82.1 Å². The first-order valence-electron chi connectivity index (χ1n) is 13.5. The van der Waals surface area contributed by atoms with Crippen molar-refractivity contribution in [2.24, 2.45) is 0 Å². The van der Waals surface area contributed by atoms with Crippen LogP contribution in [0.15, 0.2) is 103 Å². The Kier molecular flexibility index (Phi) is 6.72. The van der Waals surface area contributed by atoms with Crippen LogP contribution >= 0.6 is 0 Å². The molecular formula is C34H32O3Si. The van der Waals surface area contributed by atoms with E-state index in [0.717, 1.165) is 16.3 Å². The second-order valence-electron chi connectivity index (χ2n) is 9.39. The number of rotatable bonds is 9. The summed E-state index contributed by atoms with van der Waals surface area (Å²) in [6.45, 7) is 7.58. The molecule has 0 saturated heterocycles. The number of fused-ring (bicyclic) bond motifs is 3. The fourth-order valence-electron chi connectivity index (χ4n) is 5.91. The quantitative estimate of drug-likeness (QED) is 0.182. The van der Waals surface area contributed by atoms with E-state index in [1.165, 1.54) is 44.2 Å². The van der Waals surface area contributed by atoms with Crippen LogP contribution in [-0.4, -0.2) is 28.6 Å². The van der Waals surface area contributed by atoms with E-state index in [1.54, 1.807) is 0 Å². The third-order valence-electron chi connectivity index (χ3n) is 7.25. The van der Waals surface area contributed by atoms with Gasteiger partial charge in [-0.3, -0.25) is 0 Å². The smallest absolute Gasteiger partial charge is 0.370 e. The highest BCUT2D eigenvalue weighted by Crippen LogP contribution is 2.54. The van der Waals surface area contributed by atoms with Gasteiger partial charge in [0, 0.05) is 25.0 Å². The molecule has 0 amide bonds. The maximum Gasteiger partial charge on any atom is 0.537 e. The summed E-state index contributed by atoms with van der Waals surface area (Å²) in [4.78, 5) is 0. The second-order valence-corrected chi connectivity index (χ2v) is 11.9. The minimum atomic E-state index is -3.29. The van der Waals surface area contributed by atoms with E-state index < -0.39 is 8.80 Å². The molecule has 0 fully saturated rings. The lowest BCUT2D eigenvalue weighted by Crippen LogP contribution is -2.57. The summed E-state index contributed by atoms with van der Waals surface area (Å²) < 4.78 is 19.7. The van der Waals surface area contributed by atoms with Gasteiger partial charge in [0.25, 0.3) is 0 Å². The van der Waals surface area contributed by atoms with E-state index in [4.69, 9.17) is 13.3 Å². The summed E-state index contributed by atoms with van der Waals surface area (Å²) in [5, 5.41) is 3.57. The Bertz CT molecular complexity index is 1570. The lowest BCUT2D eigenvalue weighted by atomic mass is 9.87. The first-order chi connectivity index (χ1) is 18.7. The Balaban J connectivity index is 1.82. The summed E-state index contributed by atoms with van der Waals surface area (Å²) in [5.41, 5.74) is 9.64. The number of benzene rings is 5. The zero-order chi connectivity index (χ0) is 26.1. The Hall–Kier alpha value is -3.54. The molecular weight excluding hydrogens is 484 g/mol. The van der Waals surface area contributed by atoms with Crippen LogP contribution < -0.4 is 5.19 Å². The zero-order valence-electron chi connectivity index (χ0n) is 22.2. The van der Waals surface area contributed by atoms with Gasteiger partial charge in [0.05, 0.1) is 0 Å². The summed E-state index contributed by atoms with van der Waals surface area (Å²) >= 11 is 0. The molecule has 0 aliphatic heterocycles. The SMILES string of the molecule is CCO[Si](OCC)(OCC)c1cc(-c2ccccc2)c2c(c1-c1ccccc1)-c1cccc3cccc-2c13. The largest absolute Gasteiger partial charge is 0.537 e. The van der Waals surface area contributed by atoms with E-state index in [0.29, 0.717) is 19.8 Å². The molecule has 0 spiro atoms. The molecule has 6 rings (SSSR count). The standard InChI is InChI=1S/C34H32O3Si/c1-4-35-38(36-5-2,37-6-3)30-23-29(24-15-9-7-10-16-24)33-27-21-13-19-25-20-14-22-28(31(25)27)34(33)32(30)26-17-11-8-12-18-26/h7-23H,4-6H2,1-3H3. The lowest BCUT2D eigenvalue weighted by Gasteiger charge is -2.32. The first-order valence-corrected chi connectivity index (χ1v) is 15.2. The molecule has 0 unspecified atom stereocenters. The molecule has 4 heteroatoms. The van der Waals surface area contributed by atoms with Crippen LogP contribution in [0.4, 0.5) is 0 Å². The topological polar surface area (TPSA) is 27.7 Å². The van der Waals surface area contributed by atoms with Crippen molar-refractivity contribution in [2.45, 2.75) is 20.8 Å². The third kappa shape index (κ3) is 3.93. The molecule has 0 heterocycles. The van der Waals surface area contributed by atoms with Crippen LogP contribution in [-0.2, 0) is 13.3 Å². The minimum absolute atomic E-state index is 0.508. The Morgan fingerprint density at radius 1 is 0.500 bits per heavy atom. The lowest BCUT2D eigenvalue weighted by molar-refractivity contribution is 0.0860. The van der Waals surface area contributed by atoms with Gasteiger partial charge >= 0.3 is 8.80 Å². The first kappa shape index (κ1) is 24.8. The van der Waals surface area contributed by atoms with E-state index in [9.17, 15) is 0 Å². The Labute approximate surface area is 226 Å². The minimum Gasteiger partial charge on any atom is -0.370 e. The molecule has 0 N–H and O–H groups in total. The maximum absolute atomic E-state index is 6.55. The highest BCUT2D eigenvalue weighted by atomic mass is 28.4. The van der Waals surface area contributed by atoms with Gasteiger partial charge in [-0.25, -0.2) is 0 Å². The molecule has 5 aromatic rings. The number of hydrogen-bond donors (Lipinski definition) is 0. The van der Waals surface area contributed by atoms with E-state index in [2.05, 4.69) is 103 Å². The van der Waals surface area contributed by atoms with Gasteiger partial charge in [0.1, 0.15) is 0 Å². The van der Waals surface area contributed by atoms with Crippen molar-refractivity contribution in [3.05, 3.63) is 103 Å². The molecule has 0 radical (unpaired) electrons. The van der Waals surface area contributed by atoms with Gasteiger partial charge in [0.2, 0.25) is 0 Å². The van der Waals surface area contributed by atoms with Gasteiger partial charge in [0.15, 0.2) is 0 Å². The summed E-state index contributed by atoms with van der Waals surface area (Å²) in [6, 6.07) is 36.9. The van der Waals surface area contributed by atoms with Crippen LogP contribution in [0.3, 0.4) is 0 Å². The monoisotopic (exact) mass is 516 g/mol. The van der Waals surface area contributed by atoms with Crippen LogP contribution in [0.5, 0.6) is 0 Å². The summed E-state index contributed by atoms with van der Waals surface area (Å²) in [5.74, 6) is 0. The van der Waals surface area contributed by atoms with E-state index in [-0.39, 0.29) is 0 Å². The summed E-state index contributed by atoms with van der Waals surface area (Å²) in [7, 11) is -3.29. The van der Waals surface area contributed by atoms with Crippen molar-refractivity contribution in [2.75, 3.05) is 19.8 Å². The Morgan fingerprint density at radius 2 is 1.03 bits per heavy atom. The van der Waals surface area contributed by atoms with Crippen molar-refractivity contribution >= 4 is 24.8 Å². The van der Waals surface area contributed by atoms with Crippen molar-refractivity contribution in [1.82, 2.24) is 0 Å². The maximum atomic E-state index is 6.55. The van der Waals surface area contributed by atoms with E-state index in [1.807, 2.05) is 20.8 Å². The molecule has 0 bridgehead atoms. The molecule has 0 aromatic heterocycles. The van der Waals surface area contributed by atoms with Gasteiger partial charge in [-0.1, -0.05) is 97.1 Å². The molecule has 0 saturated carbocycles. The molecule has 1 aliphatic rings. The highest BCUT2D eigenvalue weighted by molar-refractivity contribution is 6.77. The van der Waals surface area contributed by atoms with Crippen molar-refractivity contribution in [1.29, 1.82) is 0 Å². The fourth-order valence-corrected chi connectivity index (χ4v) is 8.66.